The number of carbonyl (C=O) groups excluding carboxylic acids is 1. The summed E-state index contributed by atoms with van der Waals surface area (Å²) in [6.07, 6.45) is 3.44. The van der Waals surface area contributed by atoms with Gasteiger partial charge in [-0.2, -0.15) is 0 Å². The molecule has 6 heteroatoms. The molecule has 6 nitrogen and oxygen atoms in total. The van der Waals surface area contributed by atoms with Gasteiger partial charge in [0, 0.05) is 32.4 Å². The Morgan fingerprint density at radius 3 is 2.89 bits per heavy atom. The van der Waals surface area contributed by atoms with Crippen molar-refractivity contribution in [2.75, 3.05) is 20.3 Å². The number of amides is 1. The van der Waals surface area contributed by atoms with Gasteiger partial charge in [-0.1, -0.05) is 12.1 Å². The van der Waals surface area contributed by atoms with Gasteiger partial charge in [-0.15, -0.1) is 0 Å². The molecule has 0 aliphatic carbocycles. The minimum absolute atomic E-state index is 0.0223. The molecule has 102 valence electrons. The molecule has 0 spiro atoms. The fraction of sp³-hybridized carbons (Fsp3) is 0.308. The molecular weight excluding hydrogens is 248 g/mol. The Morgan fingerprint density at radius 2 is 2.21 bits per heavy atom. The zero-order valence-electron chi connectivity index (χ0n) is 10.7. The lowest BCUT2D eigenvalue weighted by atomic mass is 10.1. The second-order valence-electron chi connectivity index (χ2n) is 3.79. The van der Waals surface area contributed by atoms with E-state index in [1.165, 1.54) is 18.2 Å². The molecule has 1 rings (SSSR count). The van der Waals surface area contributed by atoms with Crippen LogP contribution in [0.15, 0.2) is 30.3 Å². The molecule has 19 heavy (non-hydrogen) atoms. The maximum atomic E-state index is 11.5. The SMILES string of the molecule is COCCCNC(=O)/C=C/c1ccccc1[N+](=O)[O-]. The summed E-state index contributed by atoms with van der Waals surface area (Å²) in [5.41, 5.74) is 0.380. The van der Waals surface area contributed by atoms with E-state index in [9.17, 15) is 14.9 Å². The Hall–Kier alpha value is -2.21. The van der Waals surface area contributed by atoms with Gasteiger partial charge in [0.15, 0.2) is 0 Å². The second-order valence-corrected chi connectivity index (χ2v) is 3.79. The first kappa shape index (κ1) is 14.8. The summed E-state index contributed by atoms with van der Waals surface area (Å²) in [4.78, 5) is 21.7. The van der Waals surface area contributed by atoms with Crippen molar-refractivity contribution >= 4 is 17.7 Å². The highest BCUT2D eigenvalue weighted by Crippen LogP contribution is 2.18. The number of carbonyl (C=O) groups is 1. The van der Waals surface area contributed by atoms with E-state index >= 15 is 0 Å². The van der Waals surface area contributed by atoms with Crippen molar-refractivity contribution in [3.8, 4) is 0 Å². The fourth-order valence-corrected chi connectivity index (χ4v) is 1.45. The monoisotopic (exact) mass is 264 g/mol. The number of hydrogen-bond donors (Lipinski definition) is 1. The van der Waals surface area contributed by atoms with Crippen LogP contribution >= 0.6 is 0 Å². The van der Waals surface area contributed by atoms with Gasteiger partial charge < -0.3 is 10.1 Å². The Kier molecular flexibility index (Phi) is 6.25. The Labute approximate surface area is 111 Å². The molecule has 0 atom stereocenters. The summed E-state index contributed by atoms with van der Waals surface area (Å²) in [6, 6.07) is 6.26. The van der Waals surface area contributed by atoms with Crippen molar-refractivity contribution in [2.24, 2.45) is 0 Å². The van der Waals surface area contributed by atoms with E-state index in [4.69, 9.17) is 4.74 Å². The van der Waals surface area contributed by atoms with Crippen LogP contribution in [0.1, 0.15) is 12.0 Å². The van der Waals surface area contributed by atoms with Gasteiger partial charge >= 0.3 is 0 Å². The first-order valence-electron chi connectivity index (χ1n) is 5.83. The molecule has 0 bridgehead atoms. The van der Waals surface area contributed by atoms with Gasteiger partial charge in [0.2, 0.25) is 5.91 Å². The van der Waals surface area contributed by atoms with Crippen LogP contribution < -0.4 is 5.32 Å². The molecule has 0 aliphatic rings. The standard InChI is InChI=1S/C13H16N2O4/c1-19-10-4-9-14-13(16)8-7-11-5-2-3-6-12(11)15(17)18/h2-3,5-8H,4,9-10H2,1H3,(H,14,16)/b8-7+. The smallest absolute Gasteiger partial charge is 0.276 e. The average Bonchev–Trinajstić information content (AvgIpc) is 2.41. The quantitative estimate of drug-likeness (QED) is 0.352. The predicted molar refractivity (Wildman–Crippen MR) is 71.6 cm³/mol. The van der Waals surface area contributed by atoms with Crippen LogP contribution in [0.5, 0.6) is 0 Å². The van der Waals surface area contributed by atoms with Gasteiger partial charge in [-0.3, -0.25) is 14.9 Å². The third kappa shape index (κ3) is 5.31. The summed E-state index contributed by atoms with van der Waals surface area (Å²) in [6.45, 7) is 1.09. The van der Waals surface area contributed by atoms with Gasteiger partial charge in [0.1, 0.15) is 0 Å². The Bertz CT molecular complexity index is 471. The van der Waals surface area contributed by atoms with E-state index in [-0.39, 0.29) is 11.6 Å². The normalized spacial score (nSPS) is 10.6. The molecule has 0 heterocycles. The number of hydrogen-bond acceptors (Lipinski definition) is 4. The lowest BCUT2D eigenvalue weighted by molar-refractivity contribution is -0.385. The van der Waals surface area contributed by atoms with Crippen LogP contribution in [-0.4, -0.2) is 31.1 Å². The van der Waals surface area contributed by atoms with Crippen molar-refractivity contribution in [1.29, 1.82) is 0 Å². The molecule has 1 amide bonds. The number of rotatable bonds is 7. The van der Waals surface area contributed by atoms with Crippen LogP contribution in [0.2, 0.25) is 0 Å². The number of benzene rings is 1. The van der Waals surface area contributed by atoms with E-state index in [1.54, 1.807) is 25.3 Å². The van der Waals surface area contributed by atoms with Crippen LogP contribution in [-0.2, 0) is 9.53 Å². The number of para-hydroxylation sites is 1. The molecule has 0 aliphatic heterocycles. The maximum absolute atomic E-state index is 11.5. The summed E-state index contributed by atoms with van der Waals surface area (Å²) in [7, 11) is 1.59. The molecule has 0 unspecified atom stereocenters. The topological polar surface area (TPSA) is 81.5 Å². The third-order valence-electron chi connectivity index (χ3n) is 2.37. The van der Waals surface area contributed by atoms with E-state index in [2.05, 4.69) is 5.32 Å². The van der Waals surface area contributed by atoms with Crippen LogP contribution in [0, 0.1) is 10.1 Å². The van der Waals surface area contributed by atoms with Crippen LogP contribution in [0.4, 0.5) is 5.69 Å². The van der Waals surface area contributed by atoms with E-state index < -0.39 is 4.92 Å². The Morgan fingerprint density at radius 1 is 1.47 bits per heavy atom. The molecule has 1 N–H and O–H groups in total. The fourth-order valence-electron chi connectivity index (χ4n) is 1.45. The van der Waals surface area contributed by atoms with Crippen molar-refractivity contribution in [1.82, 2.24) is 5.32 Å². The molecule has 1 aromatic rings. The van der Waals surface area contributed by atoms with Gasteiger partial charge in [-0.05, 0) is 18.6 Å². The minimum atomic E-state index is -0.476. The van der Waals surface area contributed by atoms with E-state index in [1.807, 2.05) is 0 Å². The van der Waals surface area contributed by atoms with Crippen molar-refractivity contribution in [2.45, 2.75) is 6.42 Å². The number of nitrogens with zero attached hydrogens (tertiary/aromatic N) is 1. The Balaban J connectivity index is 2.56. The molecule has 0 saturated carbocycles. The average molecular weight is 264 g/mol. The third-order valence-corrected chi connectivity index (χ3v) is 2.37. The minimum Gasteiger partial charge on any atom is -0.385 e. The number of nitro groups is 1. The van der Waals surface area contributed by atoms with Gasteiger partial charge in [-0.25, -0.2) is 0 Å². The highest BCUT2D eigenvalue weighted by molar-refractivity contribution is 5.92. The van der Waals surface area contributed by atoms with Gasteiger partial charge in [0.05, 0.1) is 10.5 Å². The molecule has 0 saturated heterocycles. The van der Waals surface area contributed by atoms with Crippen molar-refractivity contribution in [3.05, 3.63) is 46.0 Å². The van der Waals surface area contributed by atoms with Gasteiger partial charge in [0.25, 0.3) is 5.69 Å². The lowest BCUT2D eigenvalue weighted by Gasteiger charge is -2.01. The first-order valence-corrected chi connectivity index (χ1v) is 5.83. The van der Waals surface area contributed by atoms with Crippen LogP contribution in [0.25, 0.3) is 6.08 Å². The molecule has 0 fully saturated rings. The molecule has 0 radical (unpaired) electrons. The largest absolute Gasteiger partial charge is 0.385 e. The second kappa shape index (κ2) is 7.99. The number of nitro benzene ring substituents is 1. The highest BCUT2D eigenvalue weighted by atomic mass is 16.6. The number of nitrogens with one attached hydrogen (secondary N) is 1. The summed E-state index contributed by atoms with van der Waals surface area (Å²) >= 11 is 0. The van der Waals surface area contributed by atoms with Crippen LogP contribution in [0.3, 0.4) is 0 Å². The summed E-state index contributed by atoms with van der Waals surface area (Å²) in [5.74, 6) is -0.283. The highest BCUT2D eigenvalue weighted by Gasteiger charge is 2.09. The molecule has 0 aromatic heterocycles. The first-order chi connectivity index (χ1) is 9.15. The number of ether oxygens (including phenoxy) is 1. The zero-order chi connectivity index (χ0) is 14.1. The number of methoxy groups -OCH3 is 1. The molecule has 1 aromatic carbocycles. The maximum Gasteiger partial charge on any atom is 0.276 e. The summed E-state index contributed by atoms with van der Waals surface area (Å²) in [5, 5.41) is 13.4. The van der Waals surface area contributed by atoms with Crippen molar-refractivity contribution < 1.29 is 14.5 Å². The lowest BCUT2D eigenvalue weighted by Crippen LogP contribution is -2.22. The van der Waals surface area contributed by atoms with E-state index in [0.29, 0.717) is 18.7 Å². The van der Waals surface area contributed by atoms with E-state index in [0.717, 1.165) is 6.42 Å². The molecular formula is C13H16N2O4. The van der Waals surface area contributed by atoms with Crippen molar-refractivity contribution in [3.63, 3.8) is 0 Å². The predicted octanol–water partition coefficient (Wildman–Crippen LogP) is 1.76. The zero-order valence-corrected chi connectivity index (χ0v) is 10.7. The summed E-state index contributed by atoms with van der Waals surface area (Å²) < 4.78 is 4.85.